The van der Waals surface area contributed by atoms with Crippen molar-refractivity contribution >= 4 is 11.5 Å². The van der Waals surface area contributed by atoms with Crippen molar-refractivity contribution in [1.82, 2.24) is 19.5 Å². The van der Waals surface area contributed by atoms with Crippen LogP contribution in [0.3, 0.4) is 0 Å². The monoisotopic (exact) mass is 602 g/mol. The van der Waals surface area contributed by atoms with Crippen LogP contribution < -0.4 is 56.1 Å². The zero-order valence-electron chi connectivity index (χ0n) is 23.8. The number of aromatic nitrogens is 4. The molecule has 41 heavy (non-hydrogen) atoms. The van der Waals surface area contributed by atoms with Crippen molar-refractivity contribution in [3.05, 3.63) is 70.1 Å². The molecule has 1 fully saturated rings. The third kappa shape index (κ3) is 8.58. The second kappa shape index (κ2) is 15.2. The first kappa shape index (κ1) is 34.8. The summed E-state index contributed by atoms with van der Waals surface area (Å²) in [6, 6.07) is 5.38. The topological polar surface area (TPSA) is 120 Å². The number of hydrogen-bond acceptors (Lipinski definition) is 7. The number of ether oxygens (including phenoxy) is 2. The second-order valence-electron chi connectivity index (χ2n) is 8.63. The molecule has 216 valence electrons. The zero-order chi connectivity index (χ0) is 29.6. The SMILES string of the molecule is CC.C[N-]/C(=C(\C(=N)OC)c1nc(CO)cc(OCc2ccc(-c3nc(C(F)(F)F)cn3C)c(F)c2)n1)C1CC1.[K+]. The number of aryl methyl sites for hydroxylation is 1. The summed E-state index contributed by atoms with van der Waals surface area (Å²) >= 11 is 0. The van der Waals surface area contributed by atoms with Gasteiger partial charge in [-0.15, -0.1) is 12.7 Å². The first-order valence-electron chi connectivity index (χ1n) is 12.5. The van der Waals surface area contributed by atoms with Gasteiger partial charge in [-0.05, 0) is 36.5 Å². The zero-order valence-corrected chi connectivity index (χ0v) is 26.9. The van der Waals surface area contributed by atoms with Crippen molar-refractivity contribution in [3.63, 3.8) is 0 Å². The van der Waals surface area contributed by atoms with E-state index in [0.717, 1.165) is 29.7 Å². The fourth-order valence-electron chi connectivity index (χ4n) is 3.87. The van der Waals surface area contributed by atoms with Crippen LogP contribution in [0, 0.1) is 17.1 Å². The van der Waals surface area contributed by atoms with E-state index in [1.807, 2.05) is 13.8 Å². The van der Waals surface area contributed by atoms with Gasteiger partial charge in [0.25, 0.3) is 0 Å². The molecule has 3 aromatic rings. The second-order valence-corrected chi connectivity index (χ2v) is 8.63. The largest absolute Gasteiger partial charge is 1.00 e. The van der Waals surface area contributed by atoms with E-state index in [0.29, 0.717) is 16.8 Å². The Morgan fingerprint density at radius 2 is 1.85 bits per heavy atom. The fraction of sp³-hybridized carbons (Fsp3) is 0.407. The molecule has 0 bridgehead atoms. The van der Waals surface area contributed by atoms with E-state index in [4.69, 9.17) is 14.9 Å². The Balaban J connectivity index is 0.00000192. The first-order valence-corrected chi connectivity index (χ1v) is 12.5. The summed E-state index contributed by atoms with van der Waals surface area (Å²) in [6.07, 6.45) is -2.03. The number of hydrogen-bond donors (Lipinski definition) is 2. The molecule has 1 saturated carbocycles. The Labute approximate surface area is 278 Å². The van der Waals surface area contributed by atoms with E-state index in [9.17, 15) is 22.7 Å². The van der Waals surface area contributed by atoms with Crippen LogP contribution in [0.1, 0.15) is 49.5 Å². The van der Waals surface area contributed by atoms with Crippen LogP contribution in [0.15, 0.2) is 36.2 Å². The Bertz CT molecular complexity index is 1390. The number of alkyl halides is 3. The molecule has 1 aliphatic rings. The molecule has 1 aromatic carbocycles. The number of aliphatic hydroxyl groups is 1. The van der Waals surface area contributed by atoms with E-state index in [1.165, 1.54) is 32.4 Å². The van der Waals surface area contributed by atoms with Gasteiger partial charge < -0.3 is 24.5 Å². The summed E-state index contributed by atoms with van der Waals surface area (Å²) in [5.41, 5.74) is 0.318. The van der Waals surface area contributed by atoms with Crippen molar-refractivity contribution < 1.29 is 83.5 Å². The summed E-state index contributed by atoms with van der Waals surface area (Å²) in [5.74, 6) is -0.797. The van der Waals surface area contributed by atoms with Crippen LogP contribution in [-0.2, 0) is 31.2 Å². The molecular formula is C27H31F4KN6O3. The molecule has 4 rings (SSSR count). The molecule has 2 N–H and O–H groups in total. The summed E-state index contributed by atoms with van der Waals surface area (Å²) in [6.45, 7) is 3.44. The van der Waals surface area contributed by atoms with E-state index in [2.05, 4.69) is 20.3 Å². The number of halogens is 4. The standard InChI is InChI=1S/C25H25F4N6O3.C2H6.K/c1-31-21(14-5-6-14)20(22(30)37-3)23-32-15(11-36)9-19(34-23)38-12-13-4-7-16(17(26)8-13)24-33-18(10-35(24)2)25(27,28)29;1-2;/h4,7-10,14,30,36H,5-6,11-12H2,1-3H3;1-2H3;/q-1;;+1/b21-20+,30-22?;;. The van der Waals surface area contributed by atoms with Gasteiger partial charge in [0.1, 0.15) is 18.2 Å². The van der Waals surface area contributed by atoms with Crippen LogP contribution in [0.25, 0.3) is 22.3 Å². The van der Waals surface area contributed by atoms with Crippen molar-refractivity contribution in [1.29, 1.82) is 5.41 Å². The van der Waals surface area contributed by atoms with Crippen LogP contribution in [0.4, 0.5) is 17.6 Å². The molecule has 0 unspecified atom stereocenters. The molecular weight excluding hydrogens is 571 g/mol. The van der Waals surface area contributed by atoms with Crippen molar-refractivity contribution in [2.24, 2.45) is 13.0 Å². The van der Waals surface area contributed by atoms with E-state index in [-0.39, 0.29) is 98.6 Å². The minimum atomic E-state index is -4.65. The normalized spacial score (nSPS) is 13.3. The molecule has 0 saturated heterocycles. The van der Waals surface area contributed by atoms with Gasteiger partial charge in [0.15, 0.2) is 11.5 Å². The molecule has 14 heteroatoms. The average molecular weight is 603 g/mol. The molecule has 2 heterocycles. The molecule has 1 aliphatic carbocycles. The number of nitrogens with zero attached hydrogens (tertiary/aromatic N) is 5. The number of imidazole rings is 1. The smallest absolute Gasteiger partial charge is 0.689 e. The number of allylic oxidation sites excluding steroid dienone is 1. The minimum Gasteiger partial charge on any atom is -0.689 e. The summed E-state index contributed by atoms with van der Waals surface area (Å²) < 4.78 is 65.8. The molecule has 0 radical (unpaired) electrons. The Kier molecular flexibility index (Phi) is 12.9. The van der Waals surface area contributed by atoms with Crippen LogP contribution >= 0.6 is 0 Å². The molecule has 0 spiro atoms. The van der Waals surface area contributed by atoms with Crippen LogP contribution in [0.2, 0.25) is 0 Å². The molecule has 0 amide bonds. The van der Waals surface area contributed by atoms with Gasteiger partial charge in [-0.1, -0.05) is 19.9 Å². The van der Waals surface area contributed by atoms with Crippen molar-refractivity contribution in [2.45, 2.75) is 46.1 Å². The van der Waals surface area contributed by atoms with Gasteiger partial charge in [0, 0.05) is 19.3 Å². The predicted molar refractivity (Wildman–Crippen MR) is 141 cm³/mol. The van der Waals surface area contributed by atoms with Gasteiger partial charge >= 0.3 is 57.6 Å². The molecule has 0 atom stereocenters. The van der Waals surface area contributed by atoms with Crippen molar-refractivity contribution in [2.75, 3.05) is 14.2 Å². The van der Waals surface area contributed by atoms with Gasteiger partial charge in [-0.2, -0.15) is 18.2 Å². The minimum absolute atomic E-state index is 0. The average Bonchev–Trinajstić information content (AvgIpc) is 3.70. The number of rotatable bonds is 9. The maximum atomic E-state index is 14.9. The van der Waals surface area contributed by atoms with Gasteiger partial charge in [0.2, 0.25) is 11.8 Å². The number of methoxy groups -OCH3 is 1. The van der Waals surface area contributed by atoms with E-state index < -0.39 is 24.3 Å². The predicted octanol–water partition coefficient (Wildman–Crippen LogP) is 2.88. The van der Waals surface area contributed by atoms with Gasteiger partial charge in [-0.25, -0.2) is 14.4 Å². The van der Waals surface area contributed by atoms with E-state index in [1.54, 1.807) is 7.05 Å². The van der Waals surface area contributed by atoms with Crippen LogP contribution in [0.5, 0.6) is 5.88 Å². The van der Waals surface area contributed by atoms with Crippen LogP contribution in [-0.4, -0.2) is 44.7 Å². The summed E-state index contributed by atoms with van der Waals surface area (Å²) in [4.78, 5) is 12.2. The number of nitrogens with one attached hydrogen (secondary N) is 1. The Morgan fingerprint density at radius 3 is 2.37 bits per heavy atom. The fourth-order valence-corrected chi connectivity index (χ4v) is 3.87. The summed E-state index contributed by atoms with van der Waals surface area (Å²) in [7, 11) is 4.31. The molecule has 0 aliphatic heterocycles. The quantitative estimate of drug-likeness (QED) is 0.168. The maximum Gasteiger partial charge on any atom is 1.00 e. The Hall–Kier alpha value is -2.36. The first-order chi connectivity index (χ1) is 19.0. The summed E-state index contributed by atoms with van der Waals surface area (Å²) in [5, 5.41) is 22.3. The molecule has 9 nitrogen and oxygen atoms in total. The maximum absolute atomic E-state index is 14.9. The van der Waals surface area contributed by atoms with Gasteiger partial charge in [-0.3, -0.25) is 5.41 Å². The third-order valence-corrected chi connectivity index (χ3v) is 5.86. The van der Waals surface area contributed by atoms with E-state index >= 15 is 0 Å². The third-order valence-electron chi connectivity index (χ3n) is 5.86. The van der Waals surface area contributed by atoms with Crippen molar-refractivity contribution in [3.8, 4) is 17.3 Å². The number of benzene rings is 1. The number of aliphatic hydroxyl groups excluding tert-OH is 1. The Morgan fingerprint density at radius 1 is 1.17 bits per heavy atom. The molecule has 2 aromatic heterocycles. The van der Waals surface area contributed by atoms with Gasteiger partial charge in [0.05, 0.1) is 30.5 Å².